The van der Waals surface area contributed by atoms with Gasteiger partial charge in [-0.05, 0) is 18.6 Å². The molecule has 0 saturated carbocycles. The van der Waals surface area contributed by atoms with Crippen LogP contribution >= 0.6 is 11.6 Å². The average molecular weight is 268 g/mol. The highest BCUT2D eigenvalue weighted by Gasteiger charge is 2.09. The molecule has 2 rings (SSSR count). The Morgan fingerprint density at radius 2 is 1.78 bits per heavy atom. The van der Waals surface area contributed by atoms with Gasteiger partial charge in [0, 0.05) is 12.6 Å². The van der Waals surface area contributed by atoms with E-state index in [4.69, 9.17) is 11.6 Å². The predicted molar refractivity (Wildman–Crippen MR) is 69.9 cm³/mol. The number of benzene rings is 2. The lowest BCUT2D eigenvalue weighted by Gasteiger charge is -2.10. The van der Waals surface area contributed by atoms with Crippen LogP contribution in [0.2, 0.25) is 5.02 Å². The molecule has 0 spiro atoms. The molecule has 1 N–H and O–H groups in total. The van der Waals surface area contributed by atoms with Gasteiger partial charge in [0.1, 0.15) is 5.82 Å². The number of hydrogen-bond donors (Lipinski definition) is 1. The minimum atomic E-state index is -0.688. The maximum absolute atomic E-state index is 13.5. The van der Waals surface area contributed by atoms with E-state index in [0.29, 0.717) is 6.54 Å². The summed E-state index contributed by atoms with van der Waals surface area (Å²) in [5, 5.41) is 2.91. The van der Waals surface area contributed by atoms with E-state index in [9.17, 15) is 8.78 Å². The molecule has 0 saturated heterocycles. The Morgan fingerprint density at radius 3 is 2.39 bits per heavy atom. The van der Waals surface area contributed by atoms with Crippen LogP contribution in [0.15, 0.2) is 36.4 Å². The maximum atomic E-state index is 13.5. The summed E-state index contributed by atoms with van der Waals surface area (Å²) in [6.45, 7) is 2.43. The molecule has 0 bridgehead atoms. The zero-order valence-electron chi connectivity index (χ0n) is 9.81. The van der Waals surface area contributed by atoms with Gasteiger partial charge in [0.2, 0.25) is 0 Å². The second-order valence-corrected chi connectivity index (χ2v) is 4.49. The van der Waals surface area contributed by atoms with Crippen molar-refractivity contribution in [2.24, 2.45) is 0 Å². The van der Waals surface area contributed by atoms with E-state index in [2.05, 4.69) is 5.32 Å². The van der Waals surface area contributed by atoms with Gasteiger partial charge in [0.15, 0.2) is 5.82 Å². The summed E-state index contributed by atoms with van der Waals surface area (Å²) < 4.78 is 26.4. The summed E-state index contributed by atoms with van der Waals surface area (Å²) in [5.74, 6) is -1.37. The molecule has 0 aromatic heterocycles. The lowest BCUT2D eigenvalue weighted by Crippen LogP contribution is -2.02. The van der Waals surface area contributed by atoms with Crippen LogP contribution in [-0.2, 0) is 6.54 Å². The van der Waals surface area contributed by atoms with E-state index in [-0.39, 0.29) is 10.7 Å². The van der Waals surface area contributed by atoms with Crippen molar-refractivity contribution in [1.29, 1.82) is 0 Å². The SMILES string of the molecule is Cc1ccc(CNc2c(F)cc(F)cc2Cl)cc1. The second kappa shape index (κ2) is 5.36. The van der Waals surface area contributed by atoms with Crippen molar-refractivity contribution in [1.82, 2.24) is 0 Å². The van der Waals surface area contributed by atoms with E-state index in [1.807, 2.05) is 31.2 Å². The lowest BCUT2D eigenvalue weighted by molar-refractivity contribution is 0.585. The molecule has 0 fully saturated rings. The van der Waals surface area contributed by atoms with E-state index in [1.165, 1.54) is 0 Å². The molecule has 0 radical (unpaired) electrons. The van der Waals surface area contributed by atoms with E-state index in [1.54, 1.807) is 0 Å². The second-order valence-electron chi connectivity index (χ2n) is 4.08. The first-order chi connectivity index (χ1) is 8.56. The highest BCUT2D eigenvalue weighted by atomic mass is 35.5. The van der Waals surface area contributed by atoms with Gasteiger partial charge in [0.05, 0.1) is 10.7 Å². The monoisotopic (exact) mass is 267 g/mol. The van der Waals surface area contributed by atoms with Gasteiger partial charge in [-0.3, -0.25) is 0 Å². The fraction of sp³-hybridized carbons (Fsp3) is 0.143. The van der Waals surface area contributed by atoms with Gasteiger partial charge in [-0.1, -0.05) is 41.4 Å². The van der Waals surface area contributed by atoms with Crippen molar-refractivity contribution in [2.45, 2.75) is 13.5 Å². The van der Waals surface area contributed by atoms with Gasteiger partial charge in [-0.2, -0.15) is 0 Å². The zero-order chi connectivity index (χ0) is 13.1. The first kappa shape index (κ1) is 12.8. The smallest absolute Gasteiger partial charge is 0.150 e. The molecule has 0 aliphatic heterocycles. The molecule has 2 aromatic rings. The number of halogens is 3. The lowest BCUT2D eigenvalue weighted by atomic mass is 10.1. The fourth-order valence-electron chi connectivity index (χ4n) is 1.61. The largest absolute Gasteiger partial charge is 0.377 e. The van der Waals surface area contributed by atoms with E-state index >= 15 is 0 Å². The summed E-state index contributed by atoms with van der Waals surface area (Å²) in [4.78, 5) is 0. The van der Waals surface area contributed by atoms with Crippen LogP contribution in [0.1, 0.15) is 11.1 Å². The number of hydrogen-bond acceptors (Lipinski definition) is 1. The van der Waals surface area contributed by atoms with Crippen LogP contribution in [0, 0.1) is 18.6 Å². The Kier molecular flexibility index (Phi) is 3.82. The van der Waals surface area contributed by atoms with E-state index in [0.717, 1.165) is 23.3 Å². The summed E-state index contributed by atoms with van der Waals surface area (Å²) >= 11 is 5.78. The highest BCUT2D eigenvalue weighted by molar-refractivity contribution is 6.33. The molecule has 18 heavy (non-hydrogen) atoms. The third kappa shape index (κ3) is 2.99. The van der Waals surface area contributed by atoms with Gasteiger partial charge in [-0.15, -0.1) is 0 Å². The number of nitrogens with one attached hydrogen (secondary N) is 1. The van der Waals surface area contributed by atoms with Crippen LogP contribution in [0.25, 0.3) is 0 Å². The van der Waals surface area contributed by atoms with Crippen LogP contribution in [0.3, 0.4) is 0 Å². The molecule has 0 aliphatic carbocycles. The molecule has 2 aromatic carbocycles. The van der Waals surface area contributed by atoms with Gasteiger partial charge < -0.3 is 5.32 Å². The molecule has 1 nitrogen and oxygen atoms in total. The van der Waals surface area contributed by atoms with Gasteiger partial charge >= 0.3 is 0 Å². The van der Waals surface area contributed by atoms with Crippen molar-refractivity contribution >= 4 is 17.3 Å². The summed E-state index contributed by atoms with van der Waals surface area (Å²) in [7, 11) is 0. The first-order valence-electron chi connectivity index (χ1n) is 5.50. The molecule has 0 amide bonds. The van der Waals surface area contributed by atoms with Crippen molar-refractivity contribution in [3.8, 4) is 0 Å². The molecule has 0 heterocycles. The Bertz CT molecular complexity index is 529. The van der Waals surface area contributed by atoms with Crippen LogP contribution in [0.5, 0.6) is 0 Å². The maximum Gasteiger partial charge on any atom is 0.150 e. The van der Waals surface area contributed by atoms with Crippen molar-refractivity contribution < 1.29 is 8.78 Å². The Balaban J connectivity index is 2.13. The topological polar surface area (TPSA) is 12.0 Å². The fourth-order valence-corrected chi connectivity index (χ4v) is 1.87. The Morgan fingerprint density at radius 1 is 1.11 bits per heavy atom. The third-order valence-corrected chi connectivity index (χ3v) is 2.89. The summed E-state index contributed by atoms with van der Waals surface area (Å²) in [6.07, 6.45) is 0. The molecule has 0 atom stereocenters. The Labute approximate surface area is 109 Å². The summed E-state index contributed by atoms with van der Waals surface area (Å²) in [5.41, 5.74) is 2.28. The summed E-state index contributed by atoms with van der Waals surface area (Å²) in [6, 6.07) is 9.72. The first-order valence-corrected chi connectivity index (χ1v) is 5.88. The normalized spacial score (nSPS) is 10.4. The molecular formula is C14H12ClF2N. The quantitative estimate of drug-likeness (QED) is 0.861. The number of anilines is 1. The standard InChI is InChI=1S/C14H12ClF2N/c1-9-2-4-10(5-3-9)8-18-14-12(15)6-11(16)7-13(14)17/h2-7,18H,8H2,1H3. The molecule has 0 unspecified atom stereocenters. The molecular weight excluding hydrogens is 256 g/mol. The highest BCUT2D eigenvalue weighted by Crippen LogP contribution is 2.26. The van der Waals surface area contributed by atoms with Crippen LogP contribution in [-0.4, -0.2) is 0 Å². The molecule has 94 valence electrons. The number of aryl methyl sites for hydroxylation is 1. The van der Waals surface area contributed by atoms with Crippen molar-refractivity contribution in [3.05, 3.63) is 64.2 Å². The predicted octanol–water partition coefficient (Wildman–Crippen LogP) is 4.54. The molecule has 4 heteroatoms. The van der Waals surface area contributed by atoms with Gasteiger partial charge in [-0.25, -0.2) is 8.78 Å². The van der Waals surface area contributed by atoms with Gasteiger partial charge in [0.25, 0.3) is 0 Å². The average Bonchev–Trinajstić information content (AvgIpc) is 2.30. The van der Waals surface area contributed by atoms with E-state index < -0.39 is 11.6 Å². The van der Waals surface area contributed by atoms with Crippen LogP contribution < -0.4 is 5.32 Å². The number of rotatable bonds is 3. The van der Waals surface area contributed by atoms with Crippen LogP contribution in [0.4, 0.5) is 14.5 Å². The third-order valence-electron chi connectivity index (χ3n) is 2.60. The minimum Gasteiger partial charge on any atom is -0.377 e. The zero-order valence-corrected chi connectivity index (χ0v) is 10.6. The minimum absolute atomic E-state index is 0.0413. The van der Waals surface area contributed by atoms with Crippen molar-refractivity contribution in [2.75, 3.05) is 5.32 Å². The Hall–Kier alpha value is -1.61. The molecule has 0 aliphatic rings. The van der Waals surface area contributed by atoms with Crippen molar-refractivity contribution in [3.63, 3.8) is 0 Å².